The summed E-state index contributed by atoms with van der Waals surface area (Å²) in [4.78, 5) is 14.7. The van der Waals surface area contributed by atoms with Crippen LogP contribution in [0.2, 0.25) is 5.02 Å². The first-order valence-electron chi connectivity index (χ1n) is 5.99. The van der Waals surface area contributed by atoms with Crippen LogP contribution in [-0.4, -0.2) is 10.9 Å². The number of benzene rings is 1. The van der Waals surface area contributed by atoms with Gasteiger partial charge in [0.15, 0.2) is 11.4 Å². The normalized spacial score (nSPS) is 11.3. The fourth-order valence-electron chi connectivity index (χ4n) is 1.71. The number of aromatic nitrogens is 1. The fourth-order valence-corrected chi connectivity index (χ4v) is 1.93. The summed E-state index contributed by atoms with van der Waals surface area (Å²) in [6, 6.07) is 5.24. The zero-order chi connectivity index (χ0) is 16.5. The molecule has 116 valence electrons. The smallest absolute Gasteiger partial charge is 0.418 e. The Kier molecular flexibility index (Phi) is 4.27. The summed E-state index contributed by atoms with van der Waals surface area (Å²) < 4.78 is 43.6. The monoisotopic (exact) mass is 330 g/mol. The summed E-state index contributed by atoms with van der Waals surface area (Å²) in [6.45, 7) is 1.66. The third-order valence-electron chi connectivity index (χ3n) is 2.77. The molecule has 0 unspecified atom stereocenters. The van der Waals surface area contributed by atoms with Gasteiger partial charge >= 0.3 is 6.18 Å². The number of ether oxygens (including phenoxy) is 1. The van der Waals surface area contributed by atoms with Crippen LogP contribution in [0.25, 0.3) is 0 Å². The highest BCUT2D eigenvalue weighted by Gasteiger charge is 2.32. The van der Waals surface area contributed by atoms with E-state index >= 15 is 0 Å². The largest absolute Gasteiger partial charge is 0.455 e. The van der Waals surface area contributed by atoms with Crippen molar-refractivity contribution in [3.63, 3.8) is 0 Å². The van der Waals surface area contributed by atoms with Crippen molar-refractivity contribution < 1.29 is 22.7 Å². The SMILES string of the molecule is Cc1cc(Cl)ccc1Oc1cc(C(F)(F)F)cnc1C(N)=O. The zero-order valence-electron chi connectivity index (χ0n) is 11.2. The summed E-state index contributed by atoms with van der Waals surface area (Å²) in [6.07, 6.45) is -4.09. The molecule has 0 fully saturated rings. The maximum Gasteiger partial charge on any atom is 0.418 e. The van der Waals surface area contributed by atoms with E-state index in [4.69, 9.17) is 22.1 Å². The Morgan fingerprint density at radius 3 is 2.50 bits per heavy atom. The van der Waals surface area contributed by atoms with Crippen LogP contribution in [0.4, 0.5) is 13.2 Å². The van der Waals surface area contributed by atoms with E-state index in [9.17, 15) is 18.0 Å². The summed E-state index contributed by atoms with van der Waals surface area (Å²) in [5.41, 5.74) is 4.26. The van der Waals surface area contributed by atoms with E-state index in [0.29, 0.717) is 22.8 Å². The Hall–Kier alpha value is -2.28. The van der Waals surface area contributed by atoms with Crippen molar-refractivity contribution in [1.82, 2.24) is 4.98 Å². The Balaban J connectivity index is 2.49. The van der Waals surface area contributed by atoms with Crippen molar-refractivity contribution in [2.24, 2.45) is 5.73 Å². The summed E-state index contributed by atoms with van der Waals surface area (Å²) in [5.74, 6) is -1.11. The molecule has 2 aromatic rings. The van der Waals surface area contributed by atoms with Gasteiger partial charge in [0.25, 0.3) is 5.91 Å². The van der Waals surface area contributed by atoms with Crippen LogP contribution < -0.4 is 10.5 Å². The number of nitrogens with zero attached hydrogens (tertiary/aromatic N) is 1. The van der Waals surface area contributed by atoms with Gasteiger partial charge < -0.3 is 10.5 Å². The number of carbonyl (C=O) groups is 1. The standard InChI is InChI=1S/C14H10ClF3N2O2/c1-7-4-9(15)2-3-10(7)22-11-5-8(14(16,17)18)6-20-12(11)13(19)21/h2-6H,1H3,(H2,19,21). The molecule has 0 saturated carbocycles. The molecule has 4 nitrogen and oxygen atoms in total. The highest BCUT2D eigenvalue weighted by atomic mass is 35.5. The predicted octanol–water partition coefficient (Wildman–Crippen LogP) is 3.95. The molecule has 22 heavy (non-hydrogen) atoms. The Bertz CT molecular complexity index is 733. The number of aryl methyl sites for hydroxylation is 1. The molecule has 0 saturated heterocycles. The van der Waals surface area contributed by atoms with Crippen LogP contribution in [0, 0.1) is 6.92 Å². The minimum Gasteiger partial charge on any atom is -0.455 e. The molecular formula is C14H10ClF3N2O2. The second kappa shape index (κ2) is 5.84. The Morgan fingerprint density at radius 1 is 1.27 bits per heavy atom. The quantitative estimate of drug-likeness (QED) is 0.926. The molecule has 0 aliphatic carbocycles. The van der Waals surface area contributed by atoms with Gasteiger partial charge in [0.2, 0.25) is 0 Å². The van der Waals surface area contributed by atoms with Gasteiger partial charge in [-0.2, -0.15) is 13.2 Å². The third-order valence-corrected chi connectivity index (χ3v) is 3.01. The van der Waals surface area contributed by atoms with Crippen molar-refractivity contribution in [2.75, 3.05) is 0 Å². The van der Waals surface area contributed by atoms with E-state index in [-0.39, 0.29) is 17.2 Å². The topological polar surface area (TPSA) is 65.2 Å². The van der Waals surface area contributed by atoms with Gasteiger partial charge in [-0.15, -0.1) is 0 Å². The minimum absolute atomic E-state index is 0.244. The maximum absolute atomic E-state index is 12.7. The van der Waals surface area contributed by atoms with Crippen LogP contribution in [0.5, 0.6) is 11.5 Å². The Labute approximate surface area is 128 Å². The average molecular weight is 331 g/mol. The van der Waals surface area contributed by atoms with Gasteiger partial charge in [-0.05, 0) is 36.8 Å². The molecule has 0 aliphatic rings. The first-order chi connectivity index (χ1) is 10.2. The van der Waals surface area contributed by atoms with Gasteiger partial charge in [-0.25, -0.2) is 4.98 Å². The van der Waals surface area contributed by atoms with E-state index < -0.39 is 17.6 Å². The molecule has 8 heteroatoms. The summed E-state index contributed by atoms with van der Waals surface area (Å²) in [5, 5.41) is 0.446. The number of rotatable bonds is 3. The highest BCUT2D eigenvalue weighted by Crippen LogP contribution is 2.34. The van der Waals surface area contributed by atoms with E-state index in [1.54, 1.807) is 13.0 Å². The van der Waals surface area contributed by atoms with Crippen LogP contribution in [0.3, 0.4) is 0 Å². The van der Waals surface area contributed by atoms with Crippen molar-refractivity contribution in [1.29, 1.82) is 0 Å². The molecular weight excluding hydrogens is 321 g/mol. The van der Waals surface area contributed by atoms with Crippen LogP contribution in [0.15, 0.2) is 30.5 Å². The third kappa shape index (κ3) is 3.48. The first-order valence-corrected chi connectivity index (χ1v) is 6.37. The zero-order valence-corrected chi connectivity index (χ0v) is 12.0. The maximum atomic E-state index is 12.7. The molecule has 0 atom stereocenters. The second-order valence-electron chi connectivity index (χ2n) is 4.44. The first kappa shape index (κ1) is 16.1. The lowest BCUT2D eigenvalue weighted by Crippen LogP contribution is -2.16. The molecule has 0 aliphatic heterocycles. The highest BCUT2D eigenvalue weighted by molar-refractivity contribution is 6.30. The van der Waals surface area contributed by atoms with E-state index in [0.717, 1.165) is 0 Å². The van der Waals surface area contributed by atoms with Crippen molar-refractivity contribution in [3.8, 4) is 11.5 Å². The van der Waals surface area contributed by atoms with Gasteiger partial charge in [-0.3, -0.25) is 4.79 Å². The summed E-state index contributed by atoms with van der Waals surface area (Å²) in [7, 11) is 0. The molecule has 0 radical (unpaired) electrons. The van der Waals surface area contributed by atoms with Crippen LogP contribution in [-0.2, 0) is 6.18 Å². The molecule has 1 aromatic carbocycles. The molecule has 1 aromatic heterocycles. The number of amides is 1. The van der Waals surface area contributed by atoms with Crippen molar-refractivity contribution in [3.05, 3.63) is 52.3 Å². The number of hydrogen-bond acceptors (Lipinski definition) is 3. The van der Waals surface area contributed by atoms with Crippen molar-refractivity contribution >= 4 is 17.5 Å². The number of primary amides is 1. The number of pyridine rings is 1. The van der Waals surface area contributed by atoms with Gasteiger partial charge in [-0.1, -0.05) is 11.6 Å². The van der Waals surface area contributed by atoms with Gasteiger partial charge in [0.05, 0.1) is 5.56 Å². The lowest BCUT2D eigenvalue weighted by atomic mass is 10.2. The average Bonchev–Trinajstić information content (AvgIpc) is 2.40. The van der Waals surface area contributed by atoms with Crippen LogP contribution >= 0.6 is 11.6 Å². The van der Waals surface area contributed by atoms with Crippen LogP contribution in [0.1, 0.15) is 21.6 Å². The number of carbonyl (C=O) groups excluding carboxylic acids is 1. The fraction of sp³-hybridized carbons (Fsp3) is 0.143. The van der Waals surface area contributed by atoms with E-state index in [1.165, 1.54) is 12.1 Å². The number of alkyl halides is 3. The lowest BCUT2D eigenvalue weighted by Gasteiger charge is -2.13. The molecule has 1 amide bonds. The van der Waals surface area contributed by atoms with E-state index in [2.05, 4.69) is 4.98 Å². The molecule has 2 N–H and O–H groups in total. The molecule has 0 spiro atoms. The molecule has 1 heterocycles. The van der Waals surface area contributed by atoms with Crippen molar-refractivity contribution in [2.45, 2.75) is 13.1 Å². The Morgan fingerprint density at radius 2 is 1.95 bits per heavy atom. The summed E-state index contributed by atoms with van der Waals surface area (Å²) >= 11 is 5.80. The van der Waals surface area contributed by atoms with Gasteiger partial charge in [0, 0.05) is 11.2 Å². The number of hydrogen-bond donors (Lipinski definition) is 1. The van der Waals surface area contributed by atoms with Gasteiger partial charge in [0.1, 0.15) is 5.75 Å². The molecule has 2 rings (SSSR count). The minimum atomic E-state index is -4.61. The molecule has 0 bridgehead atoms. The number of nitrogens with two attached hydrogens (primary N) is 1. The predicted molar refractivity (Wildman–Crippen MR) is 74.0 cm³/mol. The lowest BCUT2D eigenvalue weighted by molar-refractivity contribution is -0.137. The second-order valence-corrected chi connectivity index (χ2v) is 4.88. The number of halogens is 4. The van der Waals surface area contributed by atoms with E-state index in [1.807, 2.05) is 0 Å².